The lowest BCUT2D eigenvalue weighted by molar-refractivity contribution is -0.141. The summed E-state index contributed by atoms with van der Waals surface area (Å²) in [7, 11) is 0. The summed E-state index contributed by atoms with van der Waals surface area (Å²) in [6.07, 6.45) is 4.51. The predicted octanol–water partition coefficient (Wildman–Crippen LogP) is 2.69. The van der Waals surface area contributed by atoms with Gasteiger partial charge >= 0.3 is 0 Å². The fraction of sp³-hybridized carbons (Fsp3) is 0.941. The van der Waals surface area contributed by atoms with Crippen LogP contribution in [0.1, 0.15) is 60.3 Å². The molecule has 2 aliphatic rings. The highest BCUT2D eigenvalue weighted by atomic mass is 16.5. The Kier molecular flexibility index (Phi) is 4.97. The van der Waals surface area contributed by atoms with Gasteiger partial charge in [0, 0.05) is 25.2 Å². The summed E-state index contributed by atoms with van der Waals surface area (Å²) >= 11 is 0. The molecule has 4 heteroatoms. The molecule has 2 fully saturated rings. The number of ether oxygens (including phenoxy) is 1. The van der Waals surface area contributed by atoms with E-state index in [2.05, 4.69) is 50.9 Å². The molecule has 0 spiro atoms. The summed E-state index contributed by atoms with van der Waals surface area (Å²) in [5.74, 6) is 0. The number of hydrogen-bond acceptors (Lipinski definition) is 4. The minimum atomic E-state index is -0.344. The van der Waals surface area contributed by atoms with Gasteiger partial charge in [-0.2, -0.15) is 5.26 Å². The van der Waals surface area contributed by atoms with E-state index in [4.69, 9.17) is 4.74 Å². The van der Waals surface area contributed by atoms with E-state index in [1.54, 1.807) is 0 Å². The van der Waals surface area contributed by atoms with Crippen molar-refractivity contribution in [2.24, 2.45) is 0 Å². The van der Waals surface area contributed by atoms with Crippen LogP contribution in [0.25, 0.3) is 0 Å². The standard InChI is InChI=1S/C17H31N3O/c1-13(2)19-17(11-18)8-6-7-15(9-17)20-10-14(3)21-16(4,5)12-20/h13-15,19H,6-10,12H2,1-5H3. The van der Waals surface area contributed by atoms with Crippen LogP contribution in [-0.4, -0.2) is 47.3 Å². The number of hydrogen-bond donors (Lipinski definition) is 1. The first-order valence-electron chi connectivity index (χ1n) is 8.36. The monoisotopic (exact) mass is 293 g/mol. The van der Waals surface area contributed by atoms with Crippen LogP contribution in [0.5, 0.6) is 0 Å². The topological polar surface area (TPSA) is 48.3 Å². The van der Waals surface area contributed by atoms with Gasteiger partial charge in [0.15, 0.2) is 0 Å². The molecule has 120 valence electrons. The van der Waals surface area contributed by atoms with E-state index in [1.807, 2.05) is 0 Å². The van der Waals surface area contributed by atoms with Gasteiger partial charge in [-0.3, -0.25) is 10.2 Å². The molecule has 2 rings (SSSR count). The Labute approximate surface area is 129 Å². The van der Waals surface area contributed by atoms with Crippen LogP contribution in [-0.2, 0) is 4.74 Å². The van der Waals surface area contributed by atoms with E-state index in [0.29, 0.717) is 12.1 Å². The van der Waals surface area contributed by atoms with Crippen molar-refractivity contribution in [3.05, 3.63) is 0 Å². The van der Waals surface area contributed by atoms with E-state index in [1.165, 1.54) is 6.42 Å². The van der Waals surface area contributed by atoms with Crippen molar-refractivity contribution in [2.45, 2.75) is 89.6 Å². The Balaban J connectivity index is 2.08. The second-order valence-corrected chi connectivity index (χ2v) is 7.86. The predicted molar refractivity (Wildman–Crippen MR) is 85.1 cm³/mol. The Morgan fingerprint density at radius 3 is 2.67 bits per heavy atom. The number of nitrogens with one attached hydrogen (secondary N) is 1. The molecule has 1 heterocycles. The molecule has 3 atom stereocenters. The van der Waals surface area contributed by atoms with Crippen molar-refractivity contribution in [2.75, 3.05) is 13.1 Å². The van der Waals surface area contributed by atoms with Crippen LogP contribution < -0.4 is 5.32 Å². The second kappa shape index (κ2) is 6.24. The van der Waals surface area contributed by atoms with Gasteiger partial charge < -0.3 is 4.74 Å². The fourth-order valence-electron chi connectivity index (χ4n) is 4.16. The third kappa shape index (κ3) is 4.18. The number of rotatable bonds is 3. The highest BCUT2D eigenvalue weighted by Gasteiger charge is 2.42. The maximum atomic E-state index is 9.71. The first kappa shape index (κ1) is 16.7. The normalized spacial score (nSPS) is 37.4. The lowest BCUT2D eigenvalue weighted by Crippen LogP contribution is -2.60. The fourth-order valence-corrected chi connectivity index (χ4v) is 4.16. The molecule has 0 bridgehead atoms. The van der Waals surface area contributed by atoms with Gasteiger partial charge in [-0.15, -0.1) is 0 Å². The number of morpholine rings is 1. The van der Waals surface area contributed by atoms with Gasteiger partial charge in [0.2, 0.25) is 0 Å². The summed E-state index contributed by atoms with van der Waals surface area (Å²) in [5, 5.41) is 13.2. The van der Waals surface area contributed by atoms with E-state index in [9.17, 15) is 5.26 Å². The van der Waals surface area contributed by atoms with Crippen LogP contribution >= 0.6 is 0 Å². The molecule has 0 amide bonds. The molecule has 0 aromatic heterocycles. The maximum Gasteiger partial charge on any atom is 0.108 e. The van der Waals surface area contributed by atoms with Crippen LogP contribution in [0.15, 0.2) is 0 Å². The molecule has 1 saturated carbocycles. The Bertz CT molecular complexity index is 401. The molecular weight excluding hydrogens is 262 g/mol. The van der Waals surface area contributed by atoms with Gasteiger partial charge in [-0.1, -0.05) is 0 Å². The van der Waals surface area contributed by atoms with Crippen molar-refractivity contribution in [3.63, 3.8) is 0 Å². The van der Waals surface area contributed by atoms with Crippen LogP contribution in [0.3, 0.4) is 0 Å². The van der Waals surface area contributed by atoms with E-state index in [0.717, 1.165) is 32.4 Å². The highest BCUT2D eigenvalue weighted by molar-refractivity contribution is 5.12. The van der Waals surface area contributed by atoms with Gasteiger partial charge in [-0.05, 0) is 60.3 Å². The van der Waals surface area contributed by atoms with Crippen LogP contribution in [0.4, 0.5) is 0 Å². The summed E-state index contributed by atoms with van der Waals surface area (Å²) in [5.41, 5.74) is -0.432. The first-order chi connectivity index (χ1) is 9.75. The first-order valence-corrected chi connectivity index (χ1v) is 8.36. The number of nitriles is 1. The third-order valence-corrected chi connectivity index (χ3v) is 4.62. The van der Waals surface area contributed by atoms with E-state index < -0.39 is 0 Å². The van der Waals surface area contributed by atoms with Crippen molar-refractivity contribution >= 4 is 0 Å². The molecule has 0 aromatic rings. The molecule has 1 aliphatic heterocycles. The molecular formula is C17H31N3O. The quantitative estimate of drug-likeness (QED) is 0.869. The average molecular weight is 293 g/mol. The second-order valence-electron chi connectivity index (χ2n) is 7.86. The Morgan fingerprint density at radius 1 is 1.38 bits per heavy atom. The smallest absolute Gasteiger partial charge is 0.108 e. The third-order valence-electron chi connectivity index (χ3n) is 4.62. The largest absolute Gasteiger partial charge is 0.370 e. The molecule has 3 unspecified atom stereocenters. The van der Waals surface area contributed by atoms with Crippen molar-refractivity contribution in [1.82, 2.24) is 10.2 Å². The zero-order valence-electron chi connectivity index (χ0n) is 14.3. The van der Waals surface area contributed by atoms with Gasteiger partial charge in [0.25, 0.3) is 0 Å². The van der Waals surface area contributed by atoms with E-state index in [-0.39, 0.29) is 17.2 Å². The maximum absolute atomic E-state index is 9.71. The number of nitrogens with zero attached hydrogens (tertiary/aromatic N) is 2. The summed E-state index contributed by atoms with van der Waals surface area (Å²) < 4.78 is 6.02. The Morgan fingerprint density at radius 2 is 2.10 bits per heavy atom. The minimum absolute atomic E-state index is 0.0874. The minimum Gasteiger partial charge on any atom is -0.370 e. The summed E-state index contributed by atoms with van der Waals surface area (Å²) in [6, 6.07) is 3.43. The van der Waals surface area contributed by atoms with Crippen molar-refractivity contribution < 1.29 is 4.74 Å². The van der Waals surface area contributed by atoms with Gasteiger partial charge in [0.05, 0.1) is 17.8 Å². The Hall–Kier alpha value is -0.630. The molecule has 0 radical (unpaired) electrons. The van der Waals surface area contributed by atoms with Crippen LogP contribution in [0, 0.1) is 11.3 Å². The zero-order chi connectivity index (χ0) is 15.7. The lowest BCUT2D eigenvalue weighted by Gasteiger charge is -2.48. The van der Waals surface area contributed by atoms with Crippen LogP contribution in [0.2, 0.25) is 0 Å². The molecule has 4 nitrogen and oxygen atoms in total. The molecule has 0 aromatic carbocycles. The van der Waals surface area contributed by atoms with Gasteiger partial charge in [-0.25, -0.2) is 0 Å². The molecule has 1 N–H and O–H groups in total. The van der Waals surface area contributed by atoms with E-state index >= 15 is 0 Å². The molecule has 1 aliphatic carbocycles. The SMILES string of the molecule is CC(C)NC1(C#N)CCCC(N2CC(C)OC(C)(C)C2)C1. The van der Waals surface area contributed by atoms with Crippen molar-refractivity contribution in [1.29, 1.82) is 5.26 Å². The molecule has 1 saturated heterocycles. The molecule has 21 heavy (non-hydrogen) atoms. The van der Waals surface area contributed by atoms with Crippen molar-refractivity contribution in [3.8, 4) is 6.07 Å². The highest BCUT2D eigenvalue weighted by Crippen LogP contribution is 2.34. The zero-order valence-corrected chi connectivity index (χ0v) is 14.3. The average Bonchev–Trinajstić information content (AvgIpc) is 2.36. The van der Waals surface area contributed by atoms with Gasteiger partial charge in [0.1, 0.15) is 5.54 Å². The summed E-state index contributed by atoms with van der Waals surface area (Å²) in [6.45, 7) is 12.7. The summed E-state index contributed by atoms with van der Waals surface area (Å²) in [4.78, 5) is 2.56. The lowest BCUT2D eigenvalue weighted by atomic mass is 9.78.